The number of hydrogen-bond acceptors (Lipinski definition) is 2. The first kappa shape index (κ1) is 16.2. The predicted octanol–water partition coefficient (Wildman–Crippen LogP) is 3.40. The van der Waals surface area contributed by atoms with Gasteiger partial charge in [0.1, 0.15) is 0 Å². The summed E-state index contributed by atoms with van der Waals surface area (Å²) in [5.41, 5.74) is 1.17. The highest BCUT2D eigenvalue weighted by atomic mass is 79.9. The van der Waals surface area contributed by atoms with Crippen LogP contribution < -0.4 is 10.6 Å². The molecule has 106 valence electrons. The third-order valence-electron chi connectivity index (χ3n) is 3.07. The van der Waals surface area contributed by atoms with Crippen molar-refractivity contribution in [3.63, 3.8) is 0 Å². The van der Waals surface area contributed by atoms with Gasteiger partial charge in [-0.2, -0.15) is 0 Å². The van der Waals surface area contributed by atoms with E-state index in [1.54, 1.807) is 0 Å². The molecule has 1 aromatic rings. The van der Waals surface area contributed by atoms with Crippen molar-refractivity contribution in [2.45, 2.75) is 45.7 Å². The topological polar surface area (TPSA) is 41.1 Å². The van der Waals surface area contributed by atoms with Crippen LogP contribution in [0.4, 0.5) is 0 Å². The second-order valence-electron chi connectivity index (χ2n) is 4.81. The van der Waals surface area contributed by atoms with Gasteiger partial charge in [0.25, 0.3) is 0 Å². The number of rotatable bonds is 7. The molecule has 1 aromatic carbocycles. The Morgan fingerprint density at radius 3 is 2.74 bits per heavy atom. The van der Waals surface area contributed by atoms with Crippen molar-refractivity contribution in [1.82, 2.24) is 10.6 Å². The zero-order valence-corrected chi connectivity index (χ0v) is 13.5. The van der Waals surface area contributed by atoms with Gasteiger partial charge in [-0.25, -0.2) is 0 Å². The Bertz CT molecular complexity index is 409. The van der Waals surface area contributed by atoms with E-state index in [2.05, 4.69) is 52.5 Å². The van der Waals surface area contributed by atoms with Gasteiger partial charge in [0.15, 0.2) is 0 Å². The van der Waals surface area contributed by atoms with Gasteiger partial charge < -0.3 is 5.32 Å². The molecular weight excluding hydrogens is 304 g/mol. The van der Waals surface area contributed by atoms with Crippen molar-refractivity contribution >= 4 is 21.8 Å². The SMILES string of the molecule is CCCCNC(=O)C(C)NC(C)c1cccc(Br)c1. The molecule has 0 saturated carbocycles. The Balaban J connectivity index is 2.47. The van der Waals surface area contributed by atoms with Gasteiger partial charge in [-0.1, -0.05) is 41.4 Å². The molecule has 1 rings (SSSR count). The fourth-order valence-corrected chi connectivity index (χ4v) is 2.28. The molecule has 3 nitrogen and oxygen atoms in total. The van der Waals surface area contributed by atoms with E-state index in [9.17, 15) is 4.79 Å². The van der Waals surface area contributed by atoms with Gasteiger partial charge >= 0.3 is 0 Å². The van der Waals surface area contributed by atoms with Gasteiger partial charge in [-0.05, 0) is 38.0 Å². The molecular formula is C15H23BrN2O. The molecule has 0 aliphatic rings. The molecule has 0 aromatic heterocycles. The molecule has 2 atom stereocenters. The van der Waals surface area contributed by atoms with Crippen LogP contribution in [0.5, 0.6) is 0 Å². The molecule has 0 radical (unpaired) electrons. The predicted molar refractivity (Wildman–Crippen MR) is 83.1 cm³/mol. The van der Waals surface area contributed by atoms with Crippen LogP contribution in [-0.4, -0.2) is 18.5 Å². The first-order valence-corrected chi connectivity index (χ1v) is 7.63. The van der Waals surface area contributed by atoms with Gasteiger partial charge in [-0.3, -0.25) is 10.1 Å². The molecule has 0 saturated heterocycles. The number of nitrogens with one attached hydrogen (secondary N) is 2. The maximum Gasteiger partial charge on any atom is 0.236 e. The summed E-state index contributed by atoms with van der Waals surface area (Å²) >= 11 is 3.46. The lowest BCUT2D eigenvalue weighted by Crippen LogP contribution is -2.43. The number of unbranched alkanes of at least 4 members (excludes halogenated alkanes) is 1. The number of amides is 1. The first-order chi connectivity index (χ1) is 9.04. The summed E-state index contributed by atoms with van der Waals surface area (Å²) in [6.45, 7) is 6.84. The maximum atomic E-state index is 11.9. The third-order valence-corrected chi connectivity index (χ3v) is 3.56. The number of benzene rings is 1. The van der Waals surface area contributed by atoms with Crippen LogP contribution in [0.3, 0.4) is 0 Å². The summed E-state index contributed by atoms with van der Waals surface area (Å²) in [5, 5.41) is 6.26. The fraction of sp³-hybridized carbons (Fsp3) is 0.533. The molecule has 0 aliphatic heterocycles. The molecule has 4 heteroatoms. The Morgan fingerprint density at radius 1 is 1.37 bits per heavy atom. The smallest absolute Gasteiger partial charge is 0.236 e. The summed E-state index contributed by atoms with van der Waals surface area (Å²) in [4.78, 5) is 11.9. The summed E-state index contributed by atoms with van der Waals surface area (Å²) in [7, 11) is 0. The van der Waals surface area contributed by atoms with Gasteiger partial charge in [-0.15, -0.1) is 0 Å². The van der Waals surface area contributed by atoms with Crippen molar-refractivity contribution in [2.24, 2.45) is 0 Å². The lowest BCUT2D eigenvalue weighted by molar-refractivity contribution is -0.122. The monoisotopic (exact) mass is 326 g/mol. The number of carbonyl (C=O) groups is 1. The molecule has 1 amide bonds. The second kappa shape index (κ2) is 8.33. The Hall–Kier alpha value is -0.870. The molecule has 2 unspecified atom stereocenters. The van der Waals surface area contributed by atoms with Crippen molar-refractivity contribution in [3.8, 4) is 0 Å². The van der Waals surface area contributed by atoms with Crippen LogP contribution in [-0.2, 0) is 4.79 Å². The van der Waals surface area contributed by atoms with E-state index in [0.717, 1.165) is 23.9 Å². The molecule has 0 fully saturated rings. The highest BCUT2D eigenvalue weighted by Gasteiger charge is 2.15. The van der Waals surface area contributed by atoms with E-state index in [0.29, 0.717) is 0 Å². The van der Waals surface area contributed by atoms with Crippen molar-refractivity contribution in [1.29, 1.82) is 0 Å². The number of carbonyl (C=O) groups excluding carboxylic acids is 1. The van der Waals surface area contributed by atoms with Crippen LogP contribution in [0.15, 0.2) is 28.7 Å². The first-order valence-electron chi connectivity index (χ1n) is 6.83. The lowest BCUT2D eigenvalue weighted by Gasteiger charge is -2.20. The van der Waals surface area contributed by atoms with Crippen molar-refractivity contribution in [3.05, 3.63) is 34.3 Å². The van der Waals surface area contributed by atoms with E-state index in [1.807, 2.05) is 19.1 Å². The quantitative estimate of drug-likeness (QED) is 0.754. The second-order valence-corrected chi connectivity index (χ2v) is 5.73. The van der Waals surface area contributed by atoms with Crippen LogP contribution >= 0.6 is 15.9 Å². The van der Waals surface area contributed by atoms with Gasteiger partial charge in [0.2, 0.25) is 5.91 Å². The Morgan fingerprint density at radius 2 is 2.11 bits per heavy atom. The Kier molecular flexibility index (Phi) is 7.10. The Labute approximate surface area is 124 Å². The average molecular weight is 327 g/mol. The largest absolute Gasteiger partial charge is 0.355 e. The van der Waals surface area contributed by atoms with Crippen LogP contribution in [0.25, 0.3) is 0 Å². The van der Waals surface area contributed by atoms with Gasteiger partial charge in [0, 0.05) is 17.1 Å². The van der Waals surface area contributed by atoms with E-state index in [4.69, 9.17) is 0 Å². The highest BCUT2D eigenvalue weighted by Crippen LogP contribution is 2.18. The zero-order valence-electron chi connectivity index (χ0n) is 11.9. The third kappa shape index (κ3) is 5.74. The van der Waals surface area contributed by atoms with Crippen LogP contribution in [0.1, 0.15) is 45.2 Å². The average Bonchev–Trinajstić information content (AvgIpc) is 2.38. The molecule has 19 heavy (non-hydrogen) atoms. The number of halogens is 1. The van der Waals surface area contributed by atoms with Gasteiger partial charge in [0.05, 0.1) is 6.04 Å². The van der Waals surface area contributed by atoms with E-state index in [-0.39, 0.29) is 18.0 Å². The minimum Gasteiger partial charge on any atom is -0.355 e. The highest BCUT2D eigenvalue weighted by molar-refractivity contribution is 9.10. The van der Waals surface area contributed by atoms with Crippen LogP contribution in [0, 0.1) is 0 Å². The van der Waals surface area contributed by atoms with E-state index < -0.39 is 0 Å². The van der Waals surface area contributed by atoms with E-state index in [1.165, 1.54) is 5.56 Å². The molecule has 0 heterocycles. The summed E-state index contributed by atoms with van der Waals surface area (Å²) in [5.74, 6) is 0.0651. The number of hydrogen-bond donors (Lipinski definition) is 2. The standard InChI is InChI=1S/C15H23BrN2O/c1-4-5-9-17-15(19)12(3)18-11(2)13-7-6-8-14(16)10-13/h6-8,10-12,18H,4-5,9H2,1-3H3,(H,17,19). The lowest BCUT2D eigenvalue weighted by atomic mass is 10.1. The molecule has 2 N–H and O–H groups in total. The maximum absolute atomic E-state index is 11.9. The van der Waals surface area contributed by atoms with Crippen LogP contribution in [0.2, 0.25) is 0 Å². The normalized spacial score (nSPS) is 13.9. The van der Waals surface area contributed by atoms with Crippen molar-refractivity contribution < 1.29 is 4.79 Å². The summed E-state index contributed by atoms with van der Waals surface area (Å²) < 4.78 is 1.05. The minimum atomic E-state index is -0.189. The summed E-state index contributed by atoms with van der Waals surface area (Å²) in [6, 6.07) is 8.08. The molecule has 0 spiro atoms. The molecule has 0 aliphatic carbocycles. The minimum absolute atomic E-state index is 0.0651. The summed E-state index contributed by atoms with van der Waals surface area (Å²) in [6.07, 6.45) is 2.12. The fourth-order valence-electron chi connectivity index (χ4n) is 1.86. The molecule has 0 bridgehead atoms. The van der Waals surface area contributed by atoms with Crippen molar-refractivity contribution in [2.75, 3.05) is 6.54 Å². The zero-order chi connectivity index (χ0) is 14.3. The van der Waals surface area contributed by atoms with E-state index >= 15 is 0 Å².